The fourth-order valence-corrected chi connectivity index (χ4v) is 2.82. The Bertz CT molecular complexity index is 715. The Labute approximate surface area is 134 Å². The van der Waals surface area contributed by atoms with Crippen molar-refractivity contribution >= 4 is 11.7 Å². The lowest BCUT2D eigenvalue weighted by molar-refractivity contribution is -0.137. The molecule has 0 saturated carbocycles. The van der Waals surface area contributed by atoms with Crippen LogP contribution in [0.15, 0.2) is 42.5 Å². The van der Waals surface area contributed by atoms with Crippen molar-refractivity contribution in [3.05, 3.63) is 59.4 Å². The molecule has 1 unspecified atom stereocenters. The third-order valence-electron chi connectivity index (χ3n) is 3.97. The summed E-state index contributed by atoms with van der Waals surface area (Å²) in [4.78, 5) is 13.2. The first-order chi connectivity index (χ1) is 11.0. The topological polar surface area (TPSA) is 49.8 Å². The van der Waals surface area contributed by atoms with Crippen molar-refractivity contribution in [3.63, 3.8) is 0 Å². The first kappa shape index (κ1) is 15.3. The molecule has 5 heteroatoms. The van der Waals surface area contributed by atoms with Crippen LogP contribution in [-0.2, 0) is 11.3 Å². The predicted octanol–water partition coefficient (Wildman–Crippen LogP) is 3.38. The molecule has 1 aliphatic rings. The highest BCUT2D eigenvalue weighted by Crippen LogP contribution is 2.36. The number of hydrogen-bond acceptors (Lipinski definition) is 3. The Morgan fingerprint density at radius 1 is 1.30 bits per heavy atom. The molecule has 1 atom stereocenters. The number of hydrogen-bond donors (Lipinski definition) is 1. The summed E-state index contributed by atoms with van der Waals surface area (Å²) in [7, 11) is 0. The van der Waals surface area contributed by atoms with Crippen molar-refractivity contribution in [1.82, 2.24) is 0 Å². The normalized spacial score (nSPS) is 16.6. The van der Waals surface area contributed by atoms with Gasteiger partial charge in [0.15, 0.2) is 0 Å². The van der Waals surface area contributed by atoms with E-state index in [-0.39, 0.29) is 18.3 Å². The zero-order chi connectivity index (χ0) is 16.4. The zero-order valence-electron chi connectivity index (χ0n) is 12.8. The van der Waals surface area contributed by atoms with E-state index < -0.39 is 5.97 Å². The van der Waals surface area contributed by atoms with Crippen molar-refractivity contribution in [1.29, 1.82) is 0 Å². The maximum Gasteiger partial charge on any atom is 0.305 e. The number of carboxylic acids is 1. The monoisotopic (exact) mass is 315 g/mol. The summed E-state index contributed by atoms with van der Waals surface area (Å²) in [6.07, 6.45) is -0.00545. The van der Waals surface area contributed by atoms with Gasteiger partial charge < -0.3 is 14.7 Å². The van der Waals surface area contributed by atoms with Crippen molar-refractivity contribution in [2.45, 2.75) is 25.9 Å². The summed E-state index contributed by atoms with van der Waals surface area (Å²) >= 11 is 0. The van der Waals surface area contributed by atoms with Crippen LogP contribution in [0.1, 0.15) is 17.5 Å². The van der Waals surface area contributed by atoms with E-state index in [1.807, 2.05) is 30.0 Å². The zero-order valence-corrected chi connectivity index (χ0v) is 12.8. The number of carboxylic acid groups (broad SMARTS) is 1. The number of ether oxygens (including phenoxy) is 1. The van der Waals surface area contributed by atoms with Crippen LogP contribution in [0, 0.1) is 12.7 Å². The van der Waals surface area contributed by atoms with Crippen LogP contribution >= 0.6 is 0 Å². The highest BCUT2D eigenvalue weighted by molar-refractivity contribution is 5.70. The van der Waals surface area contributed by atoms with Gasteiger partial charge in [0.25, 0.3) is 0 Å². The maximum atomic E-state index is 13.1. The van der Waals surface area contributed by atoms with Gasteiger partial charge in [-0.3, -0.25) is 4.79 Å². The van der Waals surface area contributed by atoms with Crippen LogP contribution in [-0.4, -0.2) is 23.7 Å². The Morgan fingerprint density at radius 2 is 2.04 bits per heavy atom. The molecule has 2 aromatic carbocycles. The number of carbonyl (C=O) groups is 1. The molecule has 23 heavy (non-hydrogen) atoms. The minimum atomic E-state index is -0.863. The van der Waals surface area contributed by atoms with Gasteiger partial charge in [-0.25, -0.2) is 4.39 Å². The fraction of sp³-hybridized carbons (Fsp3) is 0.278. The molecule has 0 aromatic heterocycles. The molecule has 0 saturated heterocycles. The Kier molecular flexibility index (Phi) is 4.19. The third kappa shape index (κ3) is 3.44. The first-order valence-corrected chi connectivity index (χ1v) is 7.49. The van der Waals surface area contributed by atoms with E-state index in [9.17, 15) is 9.18 Å². The first-order valence-electron chi connectivity index (χ1n) is 7.49. The number of rotatable bonds is 4. The molecule has 1 heterocycles. The molecule has 4 nitrogen and oxygen atoms in total. The number of anilines is 1. The highest BCUT2D eigenvalue weighted by Gasteiger charge is 2.29. The second kappa shape index (κ2) is 6.28. The summed E-state index contributed by atoms with van der Waals surface area (Å²) in [5, 5.41) is 9.15. The average Bonchev–Trinajstić information content (AvgIpc) is 2.51. The van der Waals surface area contributed by atoms with Gasteiger partial charge in [0.1, 0.15) is 18.2 Å². The number of aliphatic carboxylic acids is 1. The van der Waals surface area contributed by atoms with Crippen LogP contribution in [0.2, 0.25) is 0 Å². The molecule has 0 bridgehead atoms. The summed E-state index contributed by atoms with van der Waals surface area (Å²) in [5.41, 5.74) is 2.88. The van der Waals surface area contributed by atoms with E-state index in [1.165, 1.54) is 12.1 Å². The van der Waals surface area contributed by atoms with Gasteiger partial charge in [0, 0.05) is 6.54 Å². The lowest BCUT2D eigenvalue weighted by Gasteiger charge is -2.38. The number of halogens is 1. The van der Waals surface area contributed by atoms with Crippen molar-refractivity contribution in [2.75, 3.05) is 11.5 Å². The van der Waals surface area contributed by atoms with Gasteiger partial charge in [-0.1, -0.05) is 18.2 Å². The minimum absolute atomic E-state index is 0.00545. The lowest BCUT2D eigenvalue weighted by atomic mass is 10.1. The standard InChI is InChI=1S/C18H18FNO3/c1-12-2-7-16-17(8-12)23-11-15(9-18(21)22)20(16)10-13-3-5-14(19)6-4-13/h2-8,15H,9-11H2,1H3,(H,21,22). The number of fused-ring (bicyclic) bond motifs is 1. The predicted molar refractivity (Wildman–Crippen MR) is 85.3 cm³/mol. The van der Waals surface area contributed by atoms with Gasteiger partial charge in [0.2, 0.25) is 0 Å². The summed E-state index contributed by atoms with van der Waals surface area (Å²) in [6, 6.07) is 11.9. The molecule has 2 aromatic rings. The van der Waals surface area contributed by atoms with Gasteiger partial charge in [0.05, 0.1) is 18.2 Å². The van der Waals surface area contributed by atoms with Gasteiger partial charge in [-0.2, -0.15) is 0 Å². The molecule has 0 aliphatic carbocycles. The molecule has 0 radical (unpaired) electrons. The van der Waals surface area contributed by atoms with Crippen LogP contribution in [0.25, 0.3) is 0 Å². The molecule has 3 rings (SSSR count). The van der Waals surface area contributed by atoms with Crippen LogP contribution in [0.4, 0.5) is 10.1 Å². The molecule has 120 valence electrons. The lowest BCUT2D eigenvalue weighted by Crippen LogP contribution is -2.44. The number of benzene rings is 2. The van der Waals surface area contributed by atoms with E-state index in [1.54, 1.807) is 12.1 Å². The molecular formula is C18H18FNO3. The van der Waals surface area contributed by atoms with Crippen LogP contribution < -0.4 is 9.64 Å². The second-order valence-electron chi connectivity index (χ2n) is 5.79. The molecule has 1 aliphatic heterocycles. The molecule has 0 amide bonds. The number of nitrogens with zero attached hydrogens (tertiary/aromatic N) is 1. The average molecular weight is 315 g/mol. The fourth-order valence-electron chi connectivity index (χ4n) is 2.82. The van der Waals surface area contributed by atoms with Crippen LogP contribution in [0.5, 0.6) is 5.75 Å². The van der Waals surface area contributed by atoms with E-state index in [4.69, 9.17) is 9.84 Å². The van der Waals surface area contributed by atoms with E-state index in [0.717, 1.165) is 22.6 Å². The third-order valence-corrected chi connectivity index (χ3v) is 3.97. The van der Waals surface area contributed by atoms with E-state index in [2.05, 4.69) is 0 Å². The Hall–Kier alpha value is -2.56. The summed E-state index contributed by atoms with van der Waals surface area (Å²) in [5.74, 6) is -0.388. The molecular weight excluding hydrogens is 297 g/mol. The van der Waals surface area contributed by atoms with Crippen molar-refractivity contribution in [3.8, 4) is 5.75 Å². The largest absolute Gasteiger partial charge is 0.489 e. The Morgan fingerprint density at radius 3 is 2.74 bits per heavy atom. The molecule has 1 N–H and O–H groups in total. The SMILES string of the molecule is Cc1ccc2c(c1)OCC(CC(=O)O)N2Cc1ccc(F)cc1. The number of aryl methyl sites for hydroxylation is 1. The minimum Gasteiger partial charge on any atom is -0.489 e. The Balaban J connectivity index is 1.93. The van der Waals surface area contributed by atoms with Gasteiger partial charge in [-0.15, -0.1) is 0 Å². The summed E-state index contributed by atoms with van der Waals surface area (Å²) in [6.45, 7) is 2.82. The van der Waals surface area contributed by atoms with Crippen molar-refractivity contribution < 1.29 is 19.0 Å². The second-order valence-corrected chi connectivity index (χ2v) is 5.79. The molecule has 0 fully saturated rings. The van der Waals surface area contributed by atoms with Gasteiger partial charge in [-0.05, 0) is 42.3 Å². The van der Waals surface area contributed by atoms with E-state index >= 15 is 0 Å². The quantitative estimate of drug-likeness (QED) is 0.940. The van der Waals surface area contributed by atoms with E-state index in [0.29, 0.717) is 13.2 Å². The highest BCUT2D eigenvalue weighted by atomic mass is 19.1. The van der Waals surface area contributed by atoms with Crippen molar-refractivity contribution in [2.24, 2.45) is 0 Å². The summed E-state index contributed by atoms with van der Waals surface area (Å²) < 4.78 is 18.8. The van der Waals surface area contributed by atoms with Gasteiger partial charge >= 0.3 is 5.97 Å². The maximum absolute atomic E-state index is 13.1. The van der Waals surface area contributed by atoms with Crippen LogP contribution in [0.3, 0.4) is 0 Å². The smallest absolute Gasteiger partial charge is 0.305 e. The molecule has 0 spiro atoms.